The molecule has 0 atom stereocenters. The Balaban J connectivity index is 1.27. The molecule has 6 heteroatoms. The van der Waals surface area contributed by atoms with Gasteiger partial charge in [-0.05, 0) is 99.3 Å². The van der Waals surface area contributed by atoms with E-state index in [2.05, 4.69) is 10.9 Å². The summed E-state index contributed by atoms with van der Waals surface area (Å²) in [6.45, 7) is 3.91. The van der Waals surface area contributed by atoms with Crippen LogP contribution in [0.2, 0.25) is 0 Å². The lowest BCUT2D eigenvalue weighted by molar-refractivity contribution is -0.133. The van der Waals surface area contributed by atoms with Gasteiger partial charge in [0.05, 0.1) is 13.2 Å². The van der Waals surface area contributed by atoms with Crippen LogP contribution in [0, 0.1) is 23.2 Å². The molecule has 0 unspecified atom stereocenters. The van der Waals surface area contributed by atoms with E-state index in [-0.39, 0.29) is 23.3 Å². The Bertz CT molecular complexity index is 826. The van der Waals surface area contributed by atoms with Gasteiger partial charge in [0.25, 0.3) is 5.91 Å². The quantitative estimate of drug-likeness (QED) is 0.505. The fraction of sp³-hybridized carbons (Fsp3) is 0.600. The molecule has 2 N–H and O–H groups in total. The Morgan fingerprint density at radius 1 is 1.06 bits per heavy atom. The molecule has 0 aromatic heterocycles. The van der Waals surface area contributed by atoms with Crippen LogP contribution < -0.4 is 20.3 Å². The molecule has 4 saturated carbocycles. The Morgan fingerprint density at radius 2 is 1.71 bits per heavy atom. The summed E-state index contributed by atoms with van der Waals surface area (Å²) in [6, 6.07) is 5.49. The summed E-state index contributed by atoms with van der Waals surface area (Å²) in [5.41, 5.74) is 6.10. The van der Waals surface area contributed by atoms with Crippen molar-refractivity contribution in [2.75, 3.05) is 7.11 Å². The van der Waals surface area contributed by atoms with Gasteiger partial charge >= 0.3 is 0 Å². The molecule has 0 saturated heterocycles. The zero-order valence-corrected chi connectivity index (χ0v) is 18.8. The van der Waals surface area contributed by atoms with Crippen molar-refractivity contribution in [2.24, 2.45) is 23.2 Å². The Kier molecular flexibility index (Phi) is 6.26. The van der Waals surface area contributed by atoms with Gasteiger partial charge in [-0.25, -0.2) is 0 Å². The van der Waals surface area contributed by atoms with Crippen LogP contribution in [0.25, 0.3) is 6.08 Å². The van der Waals surface area contributed by atoms with Gasteiger partial charge < -0.3 is 9.47 Å². The van der Waals surface area contributed by atoms with Crippen LogP contribution in [-0.4, -0.2) is 25.0 Å². The van der Waals surface area contributed by atoms with E-state index in [1.165, 1.54) is 44.6 Å². The molecule has 5 rings (SSSR count). The highest BCUT2D eigenvalue weighted by atomic mass is 16.5. The van der Waals surface area contributed by atoms with E-state index in [0.717, 1.165) is 23.3 Å². The third kappa shape index (κ3) is 5.23. The zero-order chi connectivity index (χ0) is 22.0. The highest BCUT2D eigenvalue weighted by molar-refractivity contribution is 5.93. The third-order valence-electron chi connectivity index (χ3n) is 7.00. The van der Waals surface area contributed by atoms with E-state index in [9.17, 15) is 9.59 Å². The Morgan fingerprint density at radius 3 is 2.29 bits per heavy atom. The summed E-state index contributed by atoms with van der Waals surface area (Å²) < 4.78 is 11.1. The Labute approximate surface area is 184 Å². The standard InChI is InChI=1S/C25H34N2O4/c1-16(2)31-21-6-4-17(11-22(21)30-3)5-7-23(28)26-27-24(29)15-25-12-18-8-19(13-25)10-20(9-18)14-25/h4-7,11,16,18-20H,8-10,12-15H2,1-3H3,(H,26,28)(H,27,29)/b7-5+. The summed E-state index contributed by atoms with van der Waals surface area (Å²) in [4.78, 5) is 24.7. The molecule has 0 aliphatic heterocycles. The highest BCUT2D eigenvalue weighted by Gasteiger charge is 2.51. The lowest BCUT2D eigenvalue weighted by Gasteiger charge is -2.56. The molecule has 168 valence electrons. The lowest BCUT2D eigenvalue weighted by atomic mass is 9.49. The first kappa shape index (κ1) is 21.7. The van der Waals surface area contributed by atoms with Crippen LogP contribution in [0.5, 0.6) is 11.5 Å². The molecule has 1 aromatic rings. The number of hydrogen-bond acceptors (Lipinski definition) is 4. The van der Waals surface area contributed by atoms with Gasteiger partial charge in [-0.2, -0.15) is 0 Å². The van der Waals surface area contributed by atoms with Crippen LogP contribution in [-0.2, 0) is 9.59 Å². The molecule has 0 spiro atoms. The monoisotopic (exact) mass is 426 g/mol. The van der Waals surface area contributed by atoms with Crippen molar-refractivity contribution < 1.29 is 19.1 Å². The topological polar surface area (TPSA) is 76.7 Å². The molecule has 0 heterocycles. The van der Waals surface area contributed by atoms with Crippen LogP contribution >= 0.6 is 0 Å². The average Bonchev–Trinajstić information content (AvgIpc) is 2.69. The maximum atomic E-state index is 12.5. The summed E-state index contributed by atoms with van der Waals surface area (Å²) in [5.74, 6) is 3.26. The first-order chi connectivity index (χ1) is 14.8. The van der Waals surface area contributed by atoms with Gasteiger partial charge in [-0.15, -0.1) is 0 Å². The van der Waals surface area contributed by atoms with E-state index in [4.69, 9.17) is 9.47 Å². The fourth-order valence-corrected chi connectivity index (χ4v) is 6.38. The smallest absolute Gasteiger partial charge is 0.262 e. The second-order valence-electron chi connectivity index (χ2n) is 10.0. The Hall–Kier alpha value is -2.50. The van der Waals surface area contributed by atoms with Crippen molar-refractivity contribution in [2.45, 2.75) is 64.9 Å². The number of hydrazine groups is 1. The number of amides is 2. The molecule has 0 radical (unpaired) electrons. The number of ether oxygens (including phenoxy) is 2. The predicted molar refractivity (Wildman–Crippen MR) is 119 cm³/mol. The number of carbonyl (C=O) groups is 2. The number of nitrogens with one attached hydrogen (secondary N) is 2. The third-order valence-corrected chi connectivity index (χ3v) is 7.00. The minimum absolute atomic E-state index is 0.0445. The van der Waals surface area contributed by atoms with Crippen LogP contribution in [0.15, 0.2) is 24.3 Å². The largest absolute Gasteiger partial charge is 0.493 e. The van der Waals surface area contributed by atoms with Crippen LogP contribution in [0.1, 0.15) is 64.4 Å². The lowest BCUT2D eigenvalue weighted by Crippen LogP contribution is -2.49. The molecule has 1 aromatic carbocycles. The molecule has 6 nitrogen and oxygen atoms in total. The van der Waals surface area contributed by atoms with Crippen LogP contribution in [0.3, 0.4) is 0 Å². The fourth-order valence-electron chi connectivity index (χ4n) is 6.38. The van der Waals surface area contributed by atoms with Gasteiger partial charge in [0.1, 0.15) is 0 Å². The summed E-state index contributed by atoms with van der Waals surface area (Å²) in [5, 5.41) is 0. The summed E-state index contributed by atoms with van der Waals surface area (Å²) in [6.07, 6.45) is 11.3. The van der Waals surface area contributed by atoms with Gasteiger partial charge in [-0.3, -0.25) is 20.4 Å². The molecule has 31 heavy (non-hydrogen) atoms. The molecule has 2 amide bonds. The van der Waals surface area contributed by atoms with Crippen LogP contribution in [0.4, 0.5) is 0 Å². The van der Waals surface area contributed by atoms with E-state index < -0.39 is 0 Å². The van der Waals surface area contributed by atoms with Crippen molar-refractivity contribution in [3.8, 4) is 11.5 Å². The van der Waals surface area contributed by atoms with E-state index >= 15 is 0 Å². The normalized spacial score (nSPS) is 28.7. The van der Waals surface area contributed by atoms with E-state index in [0.29, 0.717) is 17.9 Å². The molecule has 4 bridgehead atoms. The molecule has 4 aliphatic carbocycles. The molecule has 4 aliphatic rings. The molecule has 4 fully saturated rings. The minimum atomic E-state index is -0.361. The van der Waals surface area contributed by atoms with E-state index in [1.807, 2.05) is 32.0 Å². The van der Waals surface area contributed by atoms with Gasteiger partial charge in [-0.1, -0.05) is 6.07 Å². The number of benzene rings is 1. The van der Waals surface area contributed by atoms with Gasteiger partial charge in [0, 0.05) is 12.5 Å². The average molecular weight is 427 g/mol. The van der Waals surface area contributed by atoms with Crippen molar-refractivity contribution >= 4 is 17.9 Å². The maximum Gasteiger partial charge on any atom is 0.262 e. The first-order valence-corrected chi connectivity index (χ1v) is 11.5. The first-order valence-electron chi connectivity index (χ1n) is 11.5. The van der Waals surface area contributed by atoms with Crippen molar-refractivity contribution in [1.29, 1.82) is 0 Å². The maximum absolute atomic E-state index is 12.5. The number of rotatable bonds is 7. The second kappa shape index (κ2) is 8.93. The van der Waals surface area contributed by atoms with Crippen molar-refractivity contribution in [1.82, 2.24) is 10.9 Å². The summed E-state index contributed by atoms with van der Waals surface area (Å²) in [7, 11) is 1.59. The number of hydrogen-bond donors (Lipinski definition) is 2. The molecular formula is C25H34N2O4. The van der Waals surface area contributed by atoms with Crippen molar-refractivity contribution in [3.63, 3.8) is 0 Å². The van der Waals surface area contributed by atoms with Gasteiger partial charge in [0.15, 0.2) is 11.5 Å². The molecular weight excluding hydrogens is 392 g/mol. The number of carbonyl (C=O) groups excluding carboxylic acids is 2. The van der Waals surface area contributed by atoms with Gasteiger partial charge in [0.2, 0.25) is 5.91 Å². The predicted octanol–water partition coefficient (Wildman–Crippen LogP) is 4.25. The van der Waals surface area contributed by atoms with Crippen molar-refractivity contribution in [3.05, 3.63) is 29.8 Å². The minimum Gasteiger partial charge on any atom is -0.493 e. The zero-order valence-electron chi connectivity index (χ0n) is 18.8. The SMILES string of the molecule is COc1cc(/C=C/C(=O)NNC(=O)CC23CC4CC(CC(C4)C2)C3)ccc1OC(C)C. The van der Waals surface area contributed by atoms with E-state index in [1.54, 1.807) is 13.2 Å². The second-order valence-corrected chi connectivity index (χ2v) is 10.0. The number of methoxy groups -OCH3 is 1. The highest BCUT2D eigenvalue weighted by Crippen LogP contribution is 2.61. The summed E-state index contributed by atoms with van der Waals surface area (Å²) >= 11 is 0.